The van der Waals surface area contributed by atoms with E-state index in [9.17, 15) is 13.2 Å². The van der Waals surface area contributed by atoms with Gasteiger partial charge in [0, 0.05) is 20.1 Å². The molecule has 1 heterocycles. The SMILES string of the molecule is COC(=O)c1cc(S(=O)(=O)N(C)CCN)c(Br)s1. The van der Waals surface area contributed by atoms with E-state index in [0.29, 0.717) is 3.79 Å². The number of carbonyl (C=O) groups is 1. The second kappa shape index (κ2) is 6.11. The van der Waals surface area contributed by atoms with Crippen LogP contribution in [-0.2, 0) is 14.8 Å². The molecule has 0 aliphatic carbocycles. The largest absolute Gasteiger partial charge is 0.465 e. The maximum Gasteiger partial charge on any atom is 0.348 e. The van der Waals surface area contributed by atoms with Crippen LogP contribution in [0, 0.1) is 0 Å². The van der Waals surface area contributed by atoms with Crippen LogP contribution in [0.2, 0.25) is 0 Å². The highest BCUT2D eigenvalue weighted by Crippen LogP contribution is 2.33. The van der Waals surface area contributed by atoms with E-state index in [1.807, 2.05) is 0 Å². The van der Waals surface area contributed by atoms with Crippen molar-refractivity contribution in [1.82, 2.24) is 4.31 Å². The Kier molecular flexibility index (Phi) is 5.29. The van der Waals surface area contributed by atoms with Gasteiger partial charge in [-0.3, -0.25) is 0 Å². The predicted molar refractivity (Wildman–Crippen MR) is 72.2 cm³/mol. The zero-order chi connectivity index (χ0) is 13.9. The zero-order valence-electron chi connectivity index (χ0n) is 9.84. The molecule has 0 spiro atoms. The molecule has 0 unspecified atom stereocenters. The van der Waals surface area contributed by atoms with Gasteiger partial charge < -0.3 is 10.5 Å². The molecule has 0 bridgehead atoms. The molecule has 18 heavy (non-hydrogen) atoms. The molecule has 0 radical (unpaired) electrons. The van der Waals surface area contributed by atoms with E-state index < -0.39 is 16.0 Å². The Morgan fingerprint density at radius 1 is 1.61 bits per heavy atom. The van der Waals surface area contributed by atoms with Gasteiger partial charge in [-0.2, -0.15) is 4.31 Å². The molecule has 102 valence electrons. The van der Waals surface area contributed by atoms with E-state index in [1.54, 1.807) is 0 Å². The Morgan fingerprint density at radius 3 is 2.72 bits per heavy atom. The highest BCUT2D eigenvalue weighted by molar-refractivity contribution is 9.11. The quantitative estimate of drug-likeness (QED) is 0.790. The maximum atomic E-state index is 12.2. The molecule has 0 aliphatic rings. The van der Waals surface area contributed by atoms with E-state index in [4.69, 9.17) is 5.73 Å². The van der Waals surface area contributed by atoms with Crippen molar-refractivity contribution in [3.8, 4) is 0 Å². The van der Waals surface area contributed by atoms with Crippen LogP contribution in [-0.4, -0.2) is 45.9 Å². The van der Waals surface area contributed by atoms with Crippen LogP contribution in [0.3, 0.4) is 0 Å². The summed E-state index contributed by atoms with van der Waals surface area (Å²) in [5.41, 5.74) is 5.33. The van der Waals surface area contributed by atoms with E-state index in [2.05, 4.69) is 20.7 Å². The molecule has 0 atom stereocenters. The number of hydrogen-bond acceptors (Lipinski definition) is 6. The Morgan fingerprint density at radius 2 is 2.22 bits per heavy atom. The van der Waals surface area contributed by atoms with Gasteiger partial charge in [0.1, 0.15) is 9.77 Å². The van der Waals surface area contributed by atoms with Crippen LogP contribution in [0.5, 0.6) is 0 Å². The molecule has 0 saturated carbocycles. The lowest BCUT2D eigenvalue weighted by Crippen LogP contribution is -2.31. The summed E-state index contributed by atoms with van der Waals surface area (Å²) < 4.78 is 30.4. The first-order valence-corrected chi connectivity index (χ1v) is 7.93. The summed E-state index contributed by atoms with van der Waals surface area (Å²) >= 11 is 4.16. The summed E-state index contributed by atoms with van der Waals surface area (Å²) in [4.78, 5) is 11.6. The van der Waals surface area contributed by atoms with Crippen LogP contribution < -0.4 is 5.73 Å². The van der Waals surface area contributed by atoms with Crippen LogP contribution in [0.25, 0.3) is 0 Å². The normalized spacial score (nSPS) is 11.8. The molecule has 1 rings (SSSR count). The average Bonchev–Trinajstić information content (AvgIpc) is 2.71. The zero-order valence-corrected chi connectivity index (χ0v) is 13.1. The number of sulfonamides is 1. The molecule has 2 N–H and O–H groups in total. The molecule has 9 heteroatoms. The maximum absolute atomic E-state index is 12.2. The molecule has 0 amide bonds. The van der Waals surface area contributed by atoms with E-state index in [1.165, 1.54) is 20.2 Å². The lowest BCUT2D eigenvalue weighted by Gasteiger charge is -2.15. The van der Waals surface area contributed by atoms with Gasteiger partial charge in [0.15, 0.2) is 0 Å². The molecule has 0 aromatic carbocycles. The van der Waals surface area contributed by atoms with Crippen molar-refractivity contribution >= 4 is 43.3 Å². The van der Waals surface area contributed by atoms with Gasteiger partial charge in [-0.1, -0.05) is 0 Å². The molecule has 1 aromatic rings. The minimum atomic E-state index is -3.64. The topological polar surface area (TPSA) is 89.7 Å². The third kappa shape index (κ3) is 3.09. The third-order valence-corrected chi connectivity index (χ3v) is 6.26. The first-order valence-electron chi connectivity index (χ1n) is 4.88. The van der Waals surface area contributed by atoms with Crippen molar-refractivity contribution in [3.05, 3.63) is 14.7 Å². The summed E-state index contributed by atoms with van der Waals surface area (Å²) in [6.07, 6.45) is 0. The number of hydrogen-bond donors (Lipinski definition) is 1. The minimum absolute atomic E-state index is 0.0452. The second-order valence-corrected chi connectivity index (χ2v) is 7.74. The monoisotopic (exact) mass is 356 g/mol. The van der Waals surface area contributed by atoms with Crippen molar-refractivity contribution in [3.63, 3.8) is 0 Å². The number of nitrogens with two attached hydrogens (primary N) is 1. The van der Waals surface area contributed by atoms with Gasteiger partial charge in [-0.15, -0.1) is 11.3 Å². The number of rotatable bonds is 5. The standard InChI is InChI=1S/C9H13BrN2O4S2/c1-12(4-3-11)18(14,15)7-5-6(9(13)16-2)17-8(7)10/h5H,3-4,11H2,1-2H3. The van der Waals surface area contributed by atoms with Crippen molar-refractivity contribution in [1.29, 1.82) is 0 Å². The molecule has 0 fully saturated rings. The van der Waals surface area contributed by atoms with Crippen molar-refractivity contribution in [2.75, 3.05) is 27.2 Å². The van der Waals surface area contributed by atoms with Gasteiger partial charge in [0.05, 0.1) is 10.9 Å². The number of nitrogens with zero attached hydrogens (tertiary/aromatic N) is 1. The molecular formula is C9H13BrN2O4S2. The lowest BCUT2D eigenvalue weighted by atomic mass is 10.5. The smallest absolute Gasteiger partial charge is 0.348 e. The van der Waals surface area contributed by atoms with Gasteiger partial charge >= 0.3 is 5.97 Å². The van der Waals surface area contributed by atoms with E-state index >= 15 is 0 Å². The van der Waals surface area contributed by atoms with E-state index in [0.717, 1.165) is 15.6 Å². The number of ether oxygens (including phenoxy) is 1. The van der Waals surface area contributed by atoms with Crippen molar-refractivity contribution in [2.45, 2.75) is 4.90 Å². The molecule has 0 saturated heterocycles. The highest BCUT2D eigenvalue weighted by atomic mass is 79.9. The Labute approximate surface area is 118 Å². The van der Waals surface area contributed by atoms with Crippen LogP contribution in [0.15, 0.2) is 14.7 Å². The second-order valence-electron chi connectivity index (χ2n) is 3.36. The van der Waals surface area contributed by atoms with Gasteiger partial charge in [0.2, 0.25) is 10.0 Å². The van der Waals surface area contributed by atoms with Crippen LogP contribution in [0.4, 0.5) is 0 Å². The fourth-order valence-electron chi connectivity index (χ4n) is 1.20. The number of methoxy groups -OCH3 is 1. The van der Waals surface area contributed by atoms with E-state index in [-0.39, 0.29) is 22.9 Å². The Hall–Kier alpha value is -0.480. The number of likely N-dealkylation sites (N-methyl/N-ethyl adjacent to an activating group) is 1. The van der Waals surface area contributed by atoms with Gasteiger partial charge in [-0.05, 0) is 22.0 Å². The van der Waals surface area contributed by atoms with Crippen LogP contribution >= 0.6 is 27.3 Å². The first kappa shape index (κ1) is 15.6. The van der Waals surface area contributed by atoms with Gasteiger partial charge in [-0.25, -0.2) is 13.2 Å². The fraction of sp³-hybridized carbons (Fsp3) is 0.444. The molecule has 1 aromatic heterocycles. The number of esters is 1. The number of carbonyl (C=O) groups excluding carboxylic acids is 1. The summed E-state index contributed by atoms with van der Waals surface area (Å²) in [7, 11) is -0.968. The summed E-state index contributed by atoms with van der Waals surface area (Å²) in [6, 6.07) is 1.29. The first-order chi connectivity index (χ1) is 8.34. The van der Waals surface area contributed by atoms with Gasteiger partial charge in [0.25, 0.3) is 0 Å². The minimum Gasteiger partial charge on any atom is -0.465 e. The van der Waals surface area contributed by atoms with Crippen LogP contribution in [0.1, 0.15) is 9.67 Å². The number of halogens is 1. The Bertz CT molecular complexity index is 541. The van der Waals surface area contributed by atoms with Crippen molar-refractivity contribution in [2.24, 2.45) is 5.73 Å². The molecular weight excluding hydrogens is 344 g/mol. The fourth-order valence-corrected chi connectivity index (χ4v) is 4.81. The number of thiophene rings is 1. The average molecular weight is 357 g/mol. The molecule has 0 aliphatic heterocycles. The summed E-state index contributed by atoms with van der Waals surface area (Å²) in [6.45, 7) is 0.430. The summed E-state index contributed by atoms with van der Waals surface area (Å²) in [5.74, 6) is -0.566. The predicted octanol–water partition coefficient (Wildman–Crippen LogP) is 0.876. The Balaban J connectivity index is 3.17. The third-order valence-electron chi connectivity index (χ3n) is 2.17. The summed E-state index contributed by atoms with van der Waals surface area (Å²) in [5, 5.41) is 0. The molecule has 6 nitrogen and oxygen atoms in total. The lowest BCUT2D eigenvalue weighted by molar-refractivity contribution is 0.0606. The van der Waals surface area contributed by atoms with Crippen molar-refractivity contribution < 1.29 is 17.9 Å². The highest BCUT2D eigenvalue weighted by Gasteiger charge is 2.26.